The normalized spacial score (nSPS) is 15.2. The molecule has 1 aromatic carbocycles. The number of carbonyl (C=O) groups excluding carboxylic acids is 2. The van der Waals surface area contributed by atoms with E-state index in [0.29, 0.717) is 18.7 Å². The van der Waals surface area contributed by atoms with E-state index >= 15 is 0 Å². The van der Waals surface area contributed by atoms with Crippen LogP contribution in [0, 0.1) is 0 Å². The summed E-state index contributed by atoms with van der Waals surface area (Å²) in [5.41, 5.74) is 2.45. The summed E-state index contributed by atoms with van der Waals surface area (Å²) in [5.74, 6) is 0.0808. The van der Waals surface area contributed by atoms with Crippen molar-refractivity contribution in [2.45, 2.75) is 25.3 Å². The molecule has 148 valence electrons. The molecule has 1 atom stereocenters. The summed E-state index contributed by atoms with van der Waals surface area (Å²) in [7, 11) is 1.33. The van der Waals surface area contributed by atoms with Crippen molar-refractivity contribution < 1.29 is 19.4 Å². The van der Waals surface area contributed by atoms with Gasteiger partial charge in [0.1, 0.15) is 11.8 Å². The van der Waals surface area contributed by atoms with Gasteiger partial charge in [-0.1, -0.05) is 18.2 Å². The summed E-state index contributed by atoms with van der Waals surface area (Å²) in [5, 5.41) is 13.8. The molecule has 0 fully saturated rings. The molecule has 2 aromatic heterocycles. The van der Waals surface area contributed by atoms with E-state index in [1.54, 1.807) is 21.8 Å². The molecule has 8 heteroatoms. The number of anilines is 1. The first kappa shape index (κ1) is 18.7. The Balaban J connectivity index is 1.47. The van der Waals surface area contributed by atoms with Crippen LogP contribution in [0.25, 0.3) is 5.82 Å². The van der Waals surface area contributed by atoms with Gasteiger partial charge in [-0.2, -0.15) is 5.10 Å². The molecule has 1 amide bonds. The van der Waals surface area contributed by atoms with Crippen LogP contribution in [0.4, 0.5) is 5.69 Å². The molecule has 0 aliphatic carbocycles. The Bertz CT molecular complexity index is 1040. The second-order valence-corrected chi connectivity index (χ2v) is 6.76. The van der Waals surface area contributed by atoms with E-state index in [2.05, 4.69) is 10.1 Å². The molecule has 3 heterocycles. The molecule has 0 saturated heterocycles. The molecule has 4 rings (SSSR count). The van der Waals surface area contributed by atoms with Gasteiger partial charge in [0.25, 0.3) is 0 Å². The topological polar surface area (TPSA) is 97.5 Å². The number of carbonyl (C=O) groups is 2. The zero-order chi connectivity index (χ0) is 20.4. The van der Waals surface area contributed by atoms with Crippen molar-refractivity contribution in [3.05, 3.63) is 66.1 Å². The smallest absolute Gasteiger partial charge is 0.329 e. The number of pyridine rings is 1. The van der Waals surface area contributed by atoms with Gasteiger partial charge in [0.05, 0.1) is 19.0 Å². The Morgan fingerprint density at radius 3 is 2.79 bits per heavy atom. The number of hydrogen-bond acceptors (Lipinski definition) is 6. The highest BCUT2D eigenvalue weighted by atomic mass is 16.5. The quantitative estimate of drug-likeness (QED) is 0.668. The molecular formula is C21H20N4O4. The van der Waals surface area contributed by atoms with E-state index in [0.717, 1.165) is 16.9 Å². The summed E-state index contributed by atoms with van der Waals surface area (Å²) in [6.45, 7) is 0. The molecule has 0 bridgehead atoms. The number of methoxy groups -OCH3 is 1. The predicted molar refractivity (Wildman–Crippen MR) is 105 cm³/mol. The molecule has 3 aromatic rings. The zero-order valence-electron chi connectivity index (χ0n) is 15.9. The fourth-order valence-corrected chi connectivity index (χ4v) is 3.51. The molecule has 1 N–H and O–H groups in total. The maximum atomic E-state index is 13.0. The van der Waals surface area contributed by atoms with E-state index < -0.39 is 12.0 Å². The molecule has 0 radical (unpaired) electrons. The number of para-hydroxylation sites is 1. The highest BCUT2D eigenvalue weighted by Crippen LogP contribution is 2.33. The van der Waals surface area contributed by atoms with Gasteiger partial charge in [-0.15, -0.1) is 0 Å². The summed E-state index contributed by atoms with van der Waals surface area (Å²) in [4.78, 5) is 30.8. The van der Waals surface area contributed by atoms with Gasteiger partial charge in [-0.3, -0.25) is 9.69 Å². The first-order chi connectivity index (χ1) is 14.1. The van der Waals surface area contributed by atoms with Crippen LogP contribution < -0.4 is 4.90 Å². The minimum atomic E-state index is -0.636. The highest BCUT2D eigenvalue weighted by Gasteiger charge is 2.38. The molecule has 1 aliphatic heterocycles. The van der Waals surface area contributed by atoms with Gasteiger partial charge in [0, 0.05) is 31.1 Å². The average Bonchev–Trinajstić information content (AvgIpc) is 3.37. The number of ether oxygens (including phenoxy) is 1. The second kappa shape index (κ2) is 7.75. The maximum absolute atomic E-state index is 13.0. The number of amides is 1. The van der Waals surface area contributed by atoms with Crippen LogP contribution in [0.2, 0.25) is 0 Å². The third-order valence-electron chi connectivity index (χ3n) is 4.92. The fraction of sp³-hybridized carbons (Fsp3) is 0.238. The van der Waals surface area contributed by atoms with Crippen molar-refractivity contribution in [1.29, 1.82) is 0 Å². The molecule has 1 unspecified atom stereocenters. The molecule has 29 heavy (non-hydrogen) atoms. The number of rotatable bonds is 5. The van der Waals surface area contributed by atoms with E-state index in [9.17, 15) is 14.7 Å². The van der Waals surface area contributed by atoms with Crippen LogP contribution in [-0.2, 0) is 27.2 Å². The minimum absolute atomic E-state index is 0.0813. The van der Waals surface area contributed by atoms with Crippen molar-refractivity contribution in [2.24, 2.45) is 0 Å². The lowest BCUT2D eigenvalue weighted by Gasteiger charge is -2.23. The van der Waals surface area contributed by atoms with E-state index in [1.807, 2.05) is 30.3 Å². The molecule has 8 nitrogen and oxygen atoms in total. The van der Waals surface area contributed by atoms with Gasteiger partial charge >= 0.3 is 5.97 Å². The summed E-state index contributed by atoms with van der Waals surface area (Å²) in [6.07, 6.45) is 4.19. The van der Waals surface area contributed by atoms with Gasteiger partial charge in [0.2, 0.25) is 5.91 Å². The van der Waals surface area contributed by atoms with Crippen molar-refractivity contribution in [3.8, 4) is 11.6 Å². The molecule has 0 saturated carbocycles. The van der Waals surface area contributed by atoms with Crippen LogP contribution in [0.15, 0.2) is 54.9 Å². The van der Waals surface area contributed by atoms with Gasteiger partial charge in [-0.25, -0.2) is 14.5 Å². The summed E-state index contributed by atoms with van der Waals surface area (Å²) in [6, 6.07) is 11.9. The van der Waals surface area contributed by atoms with Crippen molar-refractivity contribution in [1.82, 2.24) is 14.8 Å². The first-order valence-electron chi connectivity index (χ1n) is 9.24. The number of esters is 1. The zero-order valence-corrected chi connectivity index (χ0v) is 15.9. The third kappa shape index (κ3) is 3.69. The van der Waals surface area contributed by atoms with Crippen LogP contribution in [0.1, 0.15) is 17.7 Å². The number of aryl methyl sites for hydroxylation is 1. The summed E-state index contributed by atoms with van der Waals surface area (Å²) < 4.78 is 6.48. The predicted octanol–water partition coefficient (Wildman–Crippen LogP) is 2.04. The summed E-state index contributed by atoms with van der Waals surface area (Å²) >= 11 is 0. The standard InChI is InChI=1S/C21H20N4O4/c1-29-21(28)18-12-14-4-2-3-5-17(14)25(18)20(27)9-6-15-10-11-24(23-15)19-8-7-16(26)13-22-19/h2-5,7-8,10-11,13,18,26H,6,9,12H2,1H3. The molecule has 1 aliphatic rings. The van der Waals surface area contributed by atoms with E-state index in [4.69, 9.17) is 4.74 Å². The number of aromatic nitrogens is 3. The number of benzene rings is 1. The Labute approximate surface area is 167 Å². The Kier molecular flexibility index (Phi) is 4.99. The third-order valence-corrected chi connectivity index (χ3v) is 4.92. The number of fused-ring (bicyclic) bond motifs is 1. The SMILES string of the molecule is COC(=O)C1Cc2ccccc2N1C(=O)CCc1ccn(-c2ccc(O)cn2)n1. The monoisotopic (exact) mass is 392 g/mol. The fourth-order valence-electron chi connectivity index (χ4n) is 3.51. The van der Waals surface area contributed by atoms with Crippen molar-refractivity contribution in [3.63, 3.8) is 0 Å². The number of aromatic hydroxyl groups is 1. The Morgan fingerprint density at radius 1 is 1.21 bits per heavy atom. The lowest BCUT2D eigenvalue weighted by Crippen LogP contribution is -2.43. The average molecular weight is 392 g/mol. The lowest BCUT2D eigenvalue weighted by molar-refractivity contribution is -0.143. The van der Waals surface area contributed by atoms with Crippen molar-refractivity contribution in [2.75, 3.05) is 12.0 Å². The second-order valence-electron chi connectivity index (χ2n) is 6.76. The lowest BCUT2D eigenvalue weighted by atomic mass is 10.1. The van der Waals surface area contributed by atoms with Crippen LogP contribution >= 0.6 is 0 Å². The van der Waals surface area contributed by atoms with Gasteiger partial charge in [-0.05, 0) is 29.8 Å². The van der Waals surface area contributed by atoms with Crippen LogP contribution in [0.3, 0.4) is 0 Å². The Hall–Kier alpha value is -3.68. The maximum Gasteiger partial charge on any atom is 0.329 e. The van der Waals surface area contributed by atoms with Crippen molar-refractivity contribution >= 4 is 17.6 Å². The van der Waals surface area contributed by atoms with E-state index in [-0.39, 0.29) is 18.1 Å². The number of nitrogens with zero attached hydrogens (tertiary/aromatic N) is 4. The van der Waals surface area contributed by atoms with E-state index in [1.165, 1.54) is 19.4 Å². The molecule has 0 spiro atoms. The Morgan fingerprint density at radius 2 is 2.03 bits per heavy atom. The van der Waals surface area contributed by atoms with Crippen LogP contribution in [-0.4, -0.2) is 44.9 Å². The largest absolute Gasteiger partial charge is 0.506 e. The number of hydrogen-bond donors (Lipinski definition) is 1. The van der Waals surface area contributed by atoms with Gasteiger partial charge in [0.15, 0.2) is 5.82 Å². The minimum Gasteiger partial charge on any atom is -0.506 e. The van der Waals surface area contributed by atoms with Crippen LogP contribution in [0.5, 0.6) is 5.75 Å². The first-order valence-corrected chi connectivity index (χ1v) is 9.24. The highest BCUT2D eigenvalue weighted by molar-refractivity contribution is 6.02. The van der Waals surface area contributed by atoms with Gasteiger partial charge < -0.3 is 9.84 Å². The molecular weight excluding hydrogens is 372 g/mol.